The summed E-state index contributed by atoms with van der Waals surface area (Å²) >= 11 is 8.15. The Morgan fingerprint density at radius 2 is 1.29 bits per heavy atom. The van der Waals surface area contributed by atoms with Crippen LogP contribution < -0.4 is 31.1 Å². The molecule has 2 spiro atoms. The lowest BCUT2D eigenvalue weighted by Crippen LogP contribution is -2.47. The zero-order chi connectivity index (χ0) is 62.9. The van der Waals surface area contributed by atoms with Gasteiger partial charge in [-0.1, -0.05) is 102 Å². The van der Waals surface area contributed by atoms with Crippen LogP contribution >= 0.6 is 22.9 Å². The van der Waals surface area contributed by atoms with Crippen LogP contribution in [0.3, 0.4) is 0 Å². The summed E-state index contributed by atoms with van der Waals surface area (Å²) in [5.41, 5.74) is 4.66. The predicted molar refractivity (Wildman–Crippen MR) is 349 cm³/mol. The number of anilines is 8. The molecule has 6 N–H and O–H groups in total. The number of amides is 4. The molecular formula is C69H79ClF4N10O4S. The van der Waals surface area contributed by atoms with E-state index in [0.29, 0.717) is 114 Å². The smallest absolute Gasteiger partial charge is 0.325 e. The van der Waals surface area contributed by atoms with E-state index in [4.69, 9.17) is 11.6 Å². The van der Waals surface area contributed by atoms with Crippen LogP contribution in [0.25, 0.3) is 10.2 Å². The number of phenolic OH excluding ortho intramolecular Hbond substituents is 2. The minimum Gasteiger partial charge on any atom is -0.503 e. The van der Waals surface area contributed by atoms with Gasteiger partial charge in [0.05, 0.1) is 44.3 Å². The number of aromatic nitrogens is 1. The van der Waals surface area contributed by atoms with Crippen LogP contribution in [0, 0.1) is 40.0 Å². The van der Waals surface area contributed by atoms with Gasteiger partial charge in [0, 0.05) is 77.5 Å². The number of hydrogen-bond acceptors (Lipinski definition) is 11. The number of thiazole rings is 1. The van der Waals surface area contributed by atoms with E-state index in [2.05, 4.69) is 102 Å². The van der Waals surface area contributed by atoms with Gasteiger partial charge >= 0.3 is 12.1 Å². The van der Waals surface area contributed by atoms with Crippen molar-refractivity contribution in [3.63, 3.8) is 0 Å². The van der Waals surface area contributed by atoms with E-state index in [9.17, 15) is 24.2 Å². The maximum Gasteiger partial charge on any atom is 0.325 e. The van der Waals surface area contributed by atoms with Crippen LogP contribution in [-0.2, 0) is 17.3 Å². The predicted octanol–water partition coefficient (Wildman–Crippen LogP) is 16.3. The highest BCUT2D eigenvalue weighted by Gasteiger charge is 2.51. The Kier molecular flexibility index (Phi) is 16.9. The number of carbonyl (C=O) groups excluding carboxylic acids is 2. The largest absolute Gasteiger partial charge is 0.503 e. The number of piperidine rings is 2. The van der Waals surface area contributed by atoms with Crippen molar-refractivity contribution in [3.05, 3.63) is 148 Å². The Hall–Kier alpha value is -7.16. The van der Waals surface area contributed by atoms with Crippen molar-refractivity contribution in [1.82, 2.24) is 19.7 Å². The topological polar surface area (TPSA) is 152 Å². The fourth-order valence-corrected chi connectivity index (χ4v) is 16.3. The van der Waals surface area contributed by atoms with E-state index in [1.807, 2.05) is 35.2 Å². The van der Waals surface area contributed by atoms with Crippen molar-refractivity contribution in [2.45, 2.75) is 110 Å². The van der Waals surface area contributed by atoms with Crippen molar-refractivity contribution < 1.29 is 37.4 Å². The summed E-state index contributed by atoms with van der Waals surface area (Å²) in [7, 11) is 0. The Morgan fingerprint density at radius 3 is 1.97 bits per heavy atom. The molecule has 0 radical (unpaired) electrons. The molecular weight excluding hydrogens is 1180 g/mol. The van der Waals surface area contributed by atoms with Gasteiger partial charge in [0.15, 0.2) is 28.3 Å². The third kappa shape index (κ3) is 12.7. The molecule has 6 aromatic carbocycles. The SMILES string of the molecule is CC(C)CN1CCCC1c1ccc(NC(=O)Nc2ccccc2N2CC3(CCN(CC(C)(C)Cc4ccc(N5CC6(CCN(CC(C)(C)C)CC6)c6c(Cl)cc(F)c(O)c65)c(NC(=O)Nc5nc6ccc(F)cc6s5)c4)CC3)c3c(F)cc(F)c(O)c32)cc1. The number of rotatable bonds is 14. The highest BCUT2D eigenvalue weighted by atomic mass is 35.5. The molecule has 0 aliphatic carbocycles. The zero-order valence-electron chi connectivity index (χ0n) is 51.6. The average molecular weight is 1260 g/mol. The van der Waals surface area contributed by atoms with Gasteiger partial charge in [-0.25, -0.2) is 32.1 Å². The molecule has 6 heterocycles. The maximum atomic E-state index is 16.5. The van der Waals surface area contributed by atoms with E-state index in [1.165, 1.54) is 23.8 Å². The zero-order valence-corrected chi connectivity index (χ0v) is 53.2. The quantitative estimate of drug-likeness (QED) is 0.0581. The minimum atomic E-state index is -1.07. The number of phenols is 2. The number of carbonyl (C=O) groups is 2. The van der Waals surface area contributed by atoms with Gasteiger partial charge in [-0.05, 0) is 166 Å². The molecule has 1 atom stereocenters. The molecule has 7 aromatic rings. The van der Waals surface area contributed by atoms with Gasteiger partial charge in [-0.15, -0.1) is 0 Å². The molecule has 0 saturated carbocycles. The summed E-state index contributed by atoms with van der Waals surface area (Å²) in [4.78, 5) is 43.4. The van der Waals surface area contributed by atoms with Gasteiger partial charge in [0.2, 0.25) is 0 Å². The second kappa shape index (κ2) is 24.2. The molecule has 3 saturated heterocycles. The molecule has 89 heavy (non-hydrogen) atoms. The Balaban J connectivity index is 0.769. The number of likely N-dealkylation sites (tertiary alicyclic amines) is 3. The molecule has 5 aliphatic heterocycles. The molecule has 5 aliphatic rings. The summed E-state index contributed by atoms with van der Waals surface area (Å²) in [5, 5.41) is 35.5. The van der Waals surface area contributed by atoms with Crippen LogP contribution in [0.1, 0.15) is 115 Å². The Morgan fingerprint density at radius 1 is 0.685 bits per heavy atom. The summed E-state index contributed by atoms with van der Waals surface area (Å²) < 4.78 is 62.6. The molecule has 3 fully saturated rings. The highest BCUT2D eigenvalue weighted by molar-refractivity contribution is 7.22. The number of benzene rings is 6. The third-order valence-corrected chi connectivity index (χ3v) is 19.9. The van der Waals surface area contributed by atoms with Crippen LogP contribution in [0.5, 0.6) is 11.5 Å². The number of halogens is 5. The number of nitrogens with one attached hydrogen (secondary N) is 4. The lowest BCUT2D eigenvalue weighted by molar-refractivity contribution is 0.116. The van der Waals surface area contributed by atoms with Gasteiger partial charge in [-0.2, -0.15) is 0 Å². The first kappa shape index (κ1) is 62.1. The first-order chi connectivity index (χ1) is 42.3. The molecule has 14 nitrogen and oxygen atoms in total. The lowest BCUT2D eigenvalue weighted by atomic mass is 9.73. The fourth-order valence-electron chi connectivity index (χ4n) is 15.0. The van der Waals surface area contributed by atoms with Crippen molar-refractivity contribution in [1.29, 1.82) is 0 Å². The second-order valence-corrected chi connectivity index (χ2v) is 29.3. The highest BCUT2D eigenvalue weighted by Crippen LogP contribution is 2.59. The van der Waals surface area contributed by atoms with Crippen LogP contribution in [0.4, 0.5) is 72.1 Å². The molecule has 1 unspecified atom stereocenters. The van der Waals surface area contributed by atoms with E-state index in [1.54, 1.807) is 35.2 Å². The van der Waals surface area contributed by atoms with E-state index >= 15 is 13.2 Å². The number of fused-ring (bicyclic) bond motifs is 5. The van der Waals surface area contributed by atoms with Crippen LogP contribution in [-0.4, -0.2) is 107 Å². The number of nitrogens with zero attached hydrogens (tertiary/aromatic N) is 6. The van der Waals surface area contributed by atoms with Crippen LogP contribution in [0.15, 0.2) is 97.1 Å². The fraction of sp³-hybridized carbons (Fsp3) is 0.435. The summed E-state index contributed by atoms with van der Waals surface area (Å²) in [6.07, 6.45) is 5.18. The summed E-state index contributed by atoms with van der Waals surface area (Å²) in [5.74, 6) is -3.69. The Bertz CT molecular complexity index is 3840. The first-order valence-corrected chi connectivity index (χ1v) is 32.2. The van der Waals surface area contributed by atoms with Crippen LogP contribution in [0.2, 0.25) is 5.02 Å². The number of hydrogen-bond donors (Lipinski definition) is 6. The number of para-hydroxylation sites is 2. The molecule has 12 rings (SSSR count). The molecule has 470 valence electrons. The van der Waals surface area contributed by atoms with Crippen molar-refractivity contribution in [2.24, 2.45) is 16.7 Å². The van der Waals surface area contributed by atoms with Crippen molar-refractivity contribution in [2.75, 3.05) is 96.5 Å². The molecule has 4 amide bonds. The monoisotopic (exact) mass is 1250 g/mol. The lowest BCUT2D eigenvalue weighted by Gasteiger charge is -2.43. The van der Waals surface area contributed by atoms with E-state index in [0.717, 1.165) is 68.5 Å². The molecule has 0 bridgehead atoms. The van der Waals surface area contributed by atoms with Gasteiger partial charge in [-0.3, -0.25) is 10.2 Å². The molecule has 20 heteroatoms. The van der Waals surface area contributed by atoms with Gasteiger partial charge in [0.25, 0.3) is 0 Å². The third-order valence-electron chi connectivity index (χ3n) is 18.7. The Labute approximate surface area is 527 Å². The minimum absolute atomic E-state index is 0.0504. The van der Waals surface area contributed by atoms with E-state index < -0.39 is 57.7 Å². The maximum absolute atomic E-state index is 16.5. The van der Waals surface area contributed by atoms with E-state index in [-0.39, 0.29) is 44.5 Å². The van der Waals surface area contributed by atoms with Crippen molar-refractivity contribution in [3.8, 4) is 11.5 Å². The second-order valence-electron chi connectivity index (χ2n) is 27.8. The van der Waals surface area contributed by atoms with Gasteiger partial charge in [0.1, 0.15) is 11.6 Å². The first-order valence-electron chi connectivity index (χ1n) is 31.0. The standard InChI is InChI=1S/C69H79ClF4N10O4S/c1-41(2)36-82-26-10-13-53(82)43-15-18-45(19-16-43)75-63(87)76-50-11-8-9-12-54(50)83-40-69(58-47(72)34-49(74)62(86)60(58)83)24-29-81(30-25-69)38-67(6,7)35-42-14-21-55(52(31-42)77-64(88)79-65-78-51-20-17-44(71)32-56(51)89-65)84-39-68(22-27-80(28-23-68)37-66(3,4)5)57-46(70)33-48(73)61(85)59(57)84/h8-9,11-12,14-21,31-34,41,53,85-86H,10,13,22-30,35-40H2,1-7H3,(H2,75,76,87)(H2,77,78,79,88). The summed E-state index contributed by atoms with van der Waals surface area (Å²) in [6, 6.07) is 26.3. The number of urea groups is 2. The number of aromatic hydroxyl groups is 2. The normalized spacial score (nSPS) is 18.6. The van der Waals surface area contributed by atoms with Crippen molar-refractivity contribution >= 4 is 90.2 Å². The van der Waals surface area contributed by atoms with Gasteiger partial charge < -0.3 is 45.8 Å². The summed E-state index contributed by atoms with van der Waals surface area (Å²) in [6.45, 7) is 22.3. The average Bonchev–Trinajstić information content (AvgIpc) is 1.59. The molecule has 1 aromatic heterocycles.